The fourth-order valence-corrected chi connectivity index (χ4v) is 4.58. The topological polar surface area (TPSA) is 75.7 Å². The first-order valence-corrected chi connectivity index (χ1v) is 9.83. The van der Waals surface area contributed by atoms with Crippen LogP contribution in [0.5, 0.6) is 5.75 Å². The Balaban J connectivity index is 2.05. The van der Waals surface area contributed by atoms with Gasteiger partial charge >= 0.3 is 0 Å². The lowest BCUT2D eigenvalue weighted by Gasteiger charge is -2.29. The highest BCUT2D eigenvalue weighted by molar-refractivity contribution is 7.92. The molecule has 0 spiro atoms. The Kier molecular flexibility index (Phi) is 4.66. The summed E-state index contributed by atoms with van der Waals surface area (Å²) in [5.41, 5.74) is 3.44. The van der Waals surface area contributed by atoms with E-state index in [0.717, 1.165) is 11.1 Å². The third kappa shape index (κ3) is 3.26. The van der Waals surface area contributed by atoms with Crippen LogP contribution in [0.2, 0.25) is 0 Å². The zero-order valence-electron chi connectivity index (χ0n) is 15.3. The van der Waals surface area contributed by atoms with Crippen molar-refractivity contribution < 1.29 is 17.9 Å². The van der Waals surface area contributed by atoms with E-state index in [0.29, 0.717) is 35.8 Å². The summed E-state index contributed by atoms with van der Waals surface area (Å²) >= 11 is 0. The van der Waals surface area contributed by atoms with Crippen molar-refractivity contribution in [3.63, 3.8) is 0 Å². The molecule has 7 heteroatoms. The average Bonchev–Trinajstić information content (AvgIpc) is 2.57. The molecule has 0 radical (unpaired) electrons. The summed E-state index contributed by atoms with van der Waals surface area (Å²) in [4.78, 5) is 13.6. The second-order valence-corrected chi connectivity index (χ2v) is 8.13. The van der Waals surface area contributed by atoms with Crippen LogP contribution in [0.4, 0.5) is 11.4 Å². The molecule has 0 atom stereocenters. The van der Waals surface area contributed by atoms with Crippen molar-refractivity contribution in [1.29, 1.82) is 0 Å². The van der Waals surface area contributed by atoms with Crippen molar-refractivity contribution in [2.45, 2.75) is 32.6 Å². The molecule has 0 unspecified atom stereocenters. The third-order valence-corrected chi connectivity index (χ3v) is 6.00. The van der Waals surface area contributed by atoms with E-state index in [1.165, 1.54) is 13.0 Å². The summed E-state index contributed by atoms with van der Waals surface area (Å²) in [6.07, 6.45) is 0. The van der Waals surface area contributed by atoms with Crippen LogP contribution in [0.3, 0.4) is 0 Å². The van der Waals surface area contributed by atoms with Crippen molar-refractivity contribution in [3.8, 4) is 5.75 Å². The molecule has 26 heavy (non-hydrogen) atoms. The molecule has 1 aliphatic heterocycles. The van der Waals surface area contributed by atoms with Gasteiger partial charge in [-0.05, 0) is 43.5 Å². The molecule has 2 aromatic carbocycles. The second-order valence-electron chi connectivity index (χ2n) is 6.48. The van der Waals surface area contributed by atoms with Gasteiger partial charge in [-0.1, -0.05) is 18.2 Å². The Labute approximate surface area is 153 Å². The summed E-state index contributed by atoms with van der Waals surface area (Å²) in [5, 5.41) is 0. The molecule has 1 heterocycles. The number of sulfonamides is 1. The number of amides is 1. The summed E-state index contributed by atoms with van der Waals surface area (Å²) in [6.45, 7) is 7.70. The van der Waals surface area contributed by atoms with E-state index in [1.54, 1.807) is 17.9 Å². The first kappa shape index (κ1) is 18.3. The molecule has 6 nitrogen and oxygen atoms in total. The van der Waals surface area contributed by atoms with Crippen molar-refractivity contribution >= 4 is 27.3 Å². The van der Waals surface area contributed by atoms with Gasteiger partial charge in [-0.25, -0.2) is 8.42 Å². The number of ether oxygens (including phenoxy) is 1. The van der Waals surface area contributed by atoms with Crippen molar-refractivity contribution in [1.82, 2.24) is 0 Å². The van der Waals surface area contributed by atoms with E-state index in [9.17, 15) is 13.2 Å². The van der Waals surface area contributed by atoms with Crippen LogP contribution in [0.1, 0.15) is 23.6 Å². The molecular formula is C19H22N2O4S. The first-order valence-electron chi connectivity index (χ1n) is 8.35. The zero-order valence-corrected chi connectivity index (χ0v) is 16.1. The molecule has 1 N–H and O–H groups in total. The molecule has 0 aromatic heterocycles. The molecule has 0 saturated carbocycles. The number of rotatable bonds is 3. The Morgan fingerprint density at radius 2 is 1.77 bits per heavy atom. The van der Waals surface area contributed by atoms with Gasteiger partial charge in [-0.3, -0.25) is 9.52 Å². The maximum Gasteiger partial charge on any atom is 0.262 e. The van der Waals surface area contributed by atoms with Gasteiger partial charge in [-0.2, -0.15) is 0 Å². The van der Waals surface area contributed by atoms with Gasteiger partial charge in [0.25, 0.3) is 10.0 Å². The number of fused-ring (bicyclic) bond motifs is 1. The Morgan fingerprint density at radius 1 is 1.12 bits per heavy atom. The number of anilines is 2. The molecule has 0 saturated heterocycles. The quantitative estimate of drug-likeness (QED) is 0.895. The van der Waals surface area contributed by atoms with E-state index in [2.05, 4.69) is 4.72 Å². The summed E-state index contributed by atoms with van der Waals surface area (Å²) in [5.74, 6) is 0.303. The highest BCUT2D eigenvalue weighted by Gasteiger charge is 2.26. The summed E-state index contributed by atoms with van der Waals surface area (Å²) in [6, 6.07) is 8.79. The van der Waals surface area contributed by atoms with Crippen molar-refractivity contribution in [2.24, 2.45) is 0 Å². The lowest BCUT2D eigenvalue weighted by molar-refractivity contribution is -0.116. The van der Waals surface area contributed by atoms with Gasteiger partial charge in [0, 0.05) is 13.0 Å². The molecule has 1 aliphatic rings. The minimum atomic E-state index is -3.79. The van der Waals surface area contributed by atoms with Crippen LogP contribution in [0, 0.1) is 20.8 Å². The molecule has 2 aromatic rings. The van der Waals surface area contributed by atoms with Gasteiger partial charge in [0.2, 0.25) is 5.91 Å². The van der Waals surface area contributed by atoms with Crippen LogP contribution in [0.15, 0.2) is 35.2 Å². The van der Waals surface area contributed by atoms with Gasteiger partial charge in [0.15, 0.2) is 0 Å². The number of hydrogen-bond donors (Lipinski definition) is 1. The minimum absolute atomic E-state index is 0.0989. The Morgan fingerprint density at radius 3 is 2.38 bits per heavy atom. The summed E-state index contributed by atoms with van der Waals surface area (Å²) in [7, 11) is -3.79. The maximum absolute atomic E-state index is 13.0. The average molecular weight is 374 g/mol. The number of benzene rings is 2. The smallest absolute Gasteiger partial charge is 0.262 e. The second kappa shape index (κ2) is 6.64. The van der Waals surface area contributed by atoms with Crippen LogP contribution in [-0.4, -0.2) is 27.5 Å². The van der Waals surface area contributed by atoms with Crippen LogP contribution >= 0.6 is 0 Å². The molecule has 0 aliphatic carbocycles. The van der Waals surface area contributed by atoms with Crippen LogP contribution in [0.25, 0.3) is 0 Å². The van der Waals surface area contributed by atoms with Gasteiger partial charge in [0.05, 0.1) is 22.8 Å². The molecular weight excluding hydrogens is 352 g/mol. The predicted octanol–water partition coefficient (Wildman–Crippen LogP) is 3.16. The predicted molar refractivity (Wildman–Crippen MR) is 101 cm³/mol. The van der Waals surface area contributed by atoms with Crippen molar-refractivity contribution in [2.75, 3.05) is 22.8 Å². The van der Waals surface area contributed by atoms with E-state index in [4.69, 9.17) is 4.74 Å². The number of nitrogens with zero attached hydrogens (tertiary/aromatic N) is 1. The van der Waals surface area contributed by atoms with E-state index < -0.39 is 10.0 Å². The van der Waals surface area contributed by atoms with Gasteiger partial charge in [-0.15, -0.1) is 0 Å². The number of carbonyl (C=O) groups excluding carboxylic acids is 1. The number of nitrogens with one attached hydrogen (secondary N) is 1. The monoisotopic (exact) mass is 374 g/mol. The van der Waals surface area contributed by atoms with Crippen LogP contribution in [-0.2, 0) is 14.8 Å². The largest absolute Gasteiger partial charge is 0.489 e. The Hall–Kier alpha value is -2.54. The normalized spacial score (nSPS) is 13.8. The van der Waals surface area contributed by atoms with E-state index in [1.807, 2.05) is 32.0 Å². The Bertz CT molecular complexity index is 963. The van der Waals surface area contributed by atoms with Crippen molar-refractivity contribution in [3.05, 3.63) is 47.0 Å². The van der Waals surface area contributed by atoms with E-state index in [-0.39, 0.29) is 10.8 Å². The van der Waals surface area contributed by atoms with Gasteiger partial charge in [0.1, 0.15) is 12.4 Å². The molecule has 138 valence electrons. The highest BCUT2D eigenvalue weighted by Crippen LogP contribution is 2.36. The number of aryl methyl sites for hydroxylation is 3. The highest BCUT2D eigenvalue weighted by atomic mass is 32.2. The minimum Gasteiger partial charge on any atom is -0.489 e. The van der Waals surface area contributed by atoms with Gasteiger partial charge < -0.3 is 9.64 Å². The third-order valence-electron chi connectivity index (χ3n) is 4.51. The number of para-hydroxylation sites is 1. The summed E-state index contributed by atoms with van der Waals surface area (Å²) < 4.78 is 34.3. The maximum atomic E-state index is 13.0. The SMILES string of the molecule is CC(=O)N1CCOc2cc(S(=O)(=O)Nc3c(C)cccc3C)c(C)cc21. The standard InChI is InChI=1S/C19H22N2O4S/c1-12-6-5-7-13(2)19(12)20-26(23,24)18-11-17-16(10-14(18)3)21(15(4)22)8-9-25-17/h5-7,10-11,20H,8-9H2,1-4H3. The molecule has 0 bridgehead atoms. The molecule has 3 rings (SSSR count). The fraction of sp³-hybridized carbons (Fsp3) is 0.316. The zero-order chi connectivity index (χ0) is 19.1. The number of hydrogen-bond acceptors (Lipinski definition) is 4. The van der Waals surface area contributed by atoms with Crippen LogP contribution < -0.4 is 14.4 Å². The lowest BCUT2D eigenvalue weighted by atomic mass is 10.1. The fourth-order valence-electron chi connectivity index (χ4n) is 3.13. The number of carbonyl (C=O) groups is 1. The van der Waals surface area contributed by atoms with E-state index >= 15 is 0 Å². The first-order chi connectivity index (χ1) is 12.2. The lowest BCUT2D eigenvalue weighted by Crippen LogP contribution is -2.36. The molecule has 0 fully saturated rings. The molecule has 1 amide bonds.